The number of nitrogens with zero attached hydrogens (tertiary/aromatic N) is 1. The van der Waals surface area contributed by atoms with Gasteiger partial charge in [-0.2, -0.15) is 0 Å². The molecule has 1 aromatic carbocycles. The van der Waals surface area contributed by atoms with Crippen LogP contribution in [0.4, 0.5) is 0 Å². The Morgan fingerprint density at radius 1 is 1.13 bits per heavy atom. The van der Waals surface area contributed by atoms with Crippen molar-refractivity contribution in [1.82, 2.24) is 9.97 Å². The van der Waals surface area contributed by atoms with Crippen molar-refractivity contribution in [1.29, 1.82) is 0 Å². The number of H-pyrrole nitrogens is 1. The van der Waals surface area contributed by atoms with Crippen LogP contribution in [-0.2, 0) is 16.1 Å². The summed E-state index contributed by atoms with van der Waals surface area (Å²) in [7, 11) is 3.02. The van der Waals surface area contributed by atoms with Crippen LogP contribution in [0.3, 0.4) is 0 Å². The molecular weight excluding hydrogens is 292 g/mol. The topological polar surface area (TPSA) is 64.2 Å². The Morgan fingerprint density at radius 2 is 1.78 bits per heavy atom. The van der Waals surface area contributed by atoms with E-state index in [0.717, 1.165) is 33.9 Å². The number of benzene rings is 1. The highest BCUT2D eigenvalue weighted by Gasteiger charge is 2.16. The first-order valence-corrected chi connectivity index (χ1v) is 7.72. The van der Waals surface area contributed by atoms with Crippen molar-refractivity contribution >= 4 is 5.97 Å². The molecule has 5 nitrogen and oxygen atoms in total. The molecular formula is C18H26N2O3. The van der Waals surface area contributed by atoms with Crippen molar-refractivity contribution in [3.63, 3.8) is 0 Å². The minimum atomic E-state index is -0.334. The van der Waals surface area contributed by atoms with Crippen LogP contribution >= 0.6 is 0 Å². The predicted molar refractivity (Wildman–Crippen MR) is 91.6 cm³/mol. The molecule has 0 saturated carbocycles. The molecule has 2 rings (SSSR count). The second-order valence-corrected chi connectivity index (χ2v) is 5.06. The fourth-order valence-electron chi connectivity index (χ4n) is 2.43. The second-order valence-electron chi connectivity index (χ2n) is 5.06. The molecule has 0 fully saturated rings. The van der Waals surface area contributed by atoms with Gasteiger partial charge in [0.05, 0.1) is 18.4 Å². The summed E-state index contributed by atoms with van der Waals surface area (Å²) in [5.74, 6) is 0.434. The molecule has 0 aliphatic rings. The maximum Gasteiger partial charge on any atom is 0.338 e. The average molecular weight is 318 g/mol. The first kappa shape index (κ1) is 18.9. The number of nitrogens with one attached hydrogen (secondary N) is 1. The van der Waals surface area contributed by atoms with Crippen molar-refractivity contribution in [2.75, 3.05) is 14.2 Å². The van der Waals surface area contributed by atoms with Gasteiger partial charge in [-0.05, 0) is 38.0 Å². The van der Waals surface area contributed by atoms with Crippen molar-refractivity contribution in [2.24, 2.45) is 0 Å². The van der Waals surface area contributed by atoms with Crippen molar-refractivity contribution in [3.05, 3.63) is 40.3 Å². The van der Waals surface area contributed by atoms with Gasteiger partial charge in [-0.25, -0.2) is 9.78 Å². The van der Waals surface area contributed by atoms with E-state index < -0.39 is 0 Å². The normalized spacial score (nSPS) is 10.0. The fourth-order valence-corrected chi connectivity index (χ4v) is 2.43. The summed E-state index contributed by atoms with van der Waals surface area (Å²) in [6.45, 7) is 10.3. The number of carbonyl (C=O) groups excluding carboxylic acids is 1. The molecule has 0 aliphatic carbocycles. The Labute approximate surface area is 138 Å². The van der Waals surface area contributed by atoms with E-state index >= 15 is 0 Å². The number of hydrogen-bond donors (Lipinski definition) is 1. The number of hydrogen-bond acceptors (Lipinski definition) is 4. The smallest absolute Gasteiger partial charge is 0.338 e. The number of imidazole rings is 1. The molecule has 23 heavy (non-hydrogen) atoms. The highest BCUT2D eigenvalue weighted by Crippen LogP contribution is 2.28. The maximum absolute atomic E-state index is 11.9. The number of aromatic amines is 1. The van der Waals surface area contributed by atoms with Gasteiger partial charge < -0.3 is 14.5 Å². The third-order valence-electron chi connectivity index (χ3n) is 3.45. The summed E-state index contributed by atoms with van der Waals surface area (Å²) in [5.41, 5.74) is 5.24. The minimum Gasteiger partial charge on any atom is -0.465 e. The predicted octanol–water partition coefficient (Wildman–Crippen LogP) is 3.96. The minimum absolute atomic E-state index is 0.334. The lowest BCUT2D eigenvalue weighted by molar-refractivity contribution is 0.0600. The van der Waals surface area contributed by atoms with Gasteiger partial charge in [0.15, 0.2) is 0 Å². The van der Waals surface area contributed by atoms with E-state index in [4.69, 9.17) is 9.47 Å². The lowest BCUT2D eigenvalue weighted by Gasteiger charge is -2.10. The molecule has 0 atom stereocenters. The summed E-state index contributed by atoms with van der Waals surface area (Å²) in [6, 6.07) is 3.82. The van der Waals surface area contributed by atoms with Crippen LogP contribution in [0.2, 0.25) is 0 Å². The Morgan fingerprint density at radius 3 is 2.35 bits per heavy atom. The van der Waals surface area contributed by atoms with Crippen molar-refractivity contribution in [3.8, 4) is 11.3 Å². The van der Waals surface area contributed by atoms with Crippen molar-refractivity contribution < 1.29 is 14.3 Å². The SMILES string of the molecule is CC.COCc1nc(-c2cc(C(=O)OC)c(C)cc2C)c(C)[nH]1. The molecule has 0 aliphatic heterocycles. The molecule has 1 aromatic heterocycles. The van der Waals surface area contributed by atoms with Gasteiger partial charge in [0.25, 0.3) is 0 Å². The number of aromatic nitrogens is 2. The summed E-state index contributed by atoms with van der Waals surface area (Å²) >= 11 is 0. The Balaban J connectivity index is 0.00000127. The zero-order valence-electron chi connectivity index (χ0n) is 15.0. The van der Waals surface area contributed by atoms with Gasteiger partial charge in [-0.1, -0.05) is 19.9 Å². The van der Waals surface area contributed by atoms with Crippen LogP contribution in [0.25, 0.3) is 11.3 Å². The number of ether oxygens (including phenoxy) is 2. The Kier molecular flexibility index (Phi) is 6.97. The molecule has 0 unspecified atom stereocenters. The number of methoxy groups -OCH3 is 2. The summed E-state index contributed by atoms with van der Waals surface area (Å²) in [4.78, 5) is 19.6. The van der Waals surface area contributed by atoms with E-state index in [1.165, 1.54) is 7.11 Å². The third-order valence-corrected chi connectivity index (χ3v) is 3.45. The van der Waals surface area contributed by atoms with Crippen LogP contribution in [0, 0.1) is 20.8 Å². The summed E-state index contributed by atoms with van der Waals surface area (Å²) in [5, 5.41) is 0. The van der Waals surface area contributed by atoms with Crippen LogP contribution < -0.4 is 0 Å². The first-order chi connectivity index (χ1) is 11.0. The average Bonchev–Trinajstić information content (AvgIpc) is 2.89. The van der Waals surface area contributed by atoms with Gasteiger partial charge in [0, 0.05) is 18.4 Å². The van der Waals surface area contributed by atoms with Gasteiger partial charge in [0.1, 0.15) is 12.4 Å². The van der Waals surface area contributed by atoms with E-state index in [9.17, 15) is 4.79 Å². The first-order valence-electron chi connectivity index (χ1n) is 7.72. The van der Waals surface area contributed by atoms with Gasteiger partial charge in [-0.3, -0.25) is 0 Å². The number of esters is 1. The molecule has 0 radical (unpaired) electrons. The van der Waals surface area contributed by atoms with E-state index in [1.807, 2.05) is 46.8 Å². The largest absolute Gasteiger partial charge is 0.465 e. The van der Waals surface area contributed by atoms with Crippen LogP contribution in [-0.4, -0.2) is 30.2 Å². The highest BCUT2D eigenvalue weighted by atomic mass is 16.5. The Bertz CT molecular complexity index is 675. The summed E-state index contributed by atoms with van der Waals surface area (Å²) < 4.78 is 9.93. The molecule has 0 saturated heterocycles. The Hall–Kier alpha value is -2.14. The number of carbonyl (C=O) groups is 1. The quantitative estimate of drug-likeness (QED) is 0.867. The second kappa shape index (κ2) is 8.48. The summed E-state index contributed by atoms with van der Waals surface area (Å²) in [6.07, 6.45) is 0. The molecule has 0 bridgehead atoms. The van der Waals surface area contributed by atoms with Crippen LogP contribution in [0.5, 0.6) is 0 Å². The van der Waals surface area contributed by atoms with E-state index in [0.29, 0.717) is 12.2 Å². The number of rotatable bonds is 4. The zero-order chi connectivity index (χ0) is 17.6. The number of aryl methyl sites for hydroxylation is 3. The lowest BCUT2D eigenvalue weighted by Crippen LogP contribution is -2.05. The monoisotopic (exact) mass is 318 g/mol. The lowest BCUT2D eigenvalue weighted by atomic mass is 9.97. The van der Waals surface area contributed by atoms with Gasteiger partial charge >= 0.3 is 5.97 Å². The molecule has 0 spiro atoms. The third kappa shape index (κ3) is 4.20. The zero-order valence-corrected chi connectivity index (χ0v) is 15.0. The molecule has 1 N–H and O–H groups in total. The van der Waals surface area contributed by atoms with Gasteiger partial charge in [-0.15, -0.1) is 0 Å². The molecule has 5 heteroatoms. The fraction of sp³-hybridized carbons (Fsp3) is 0.444. The maximum atomic E-state index is 11.9. The van der Waals surface area contributed by atoms with Gasteiger partial charge in [0.2, 0.25) is 0 Å². The molecule has 1 heterocycles. The van der Waals surface area contributed by atoms with Crippen molar-refractivity contribution in [2.45, 2.75) is 41.2 Å². The molecule has 0 amide bonds. The van der Waals surface area contributed by atoms with E-state index in [2.05, 4.69) is 9.97 Å². The standard InChI is InChI=1S/C16H20N2O3.C2H6/c1-9-6-10(2)13(16(19)21-5)7-12(9)15-11(3)17-14(18-15)8-20-4;1-2/h6-7H,8H2,1-5H3,(H,17,18);1-2H3. The molecule has 126 valence electrons. The van der Waals surface area contributed by atoms with E-state index in [-0.39, 0.29) is 5.97 Å². The van der Waals surface area contributed by atoms with E-state index in [1.54, 1.807) is 7.11 Å². The highest BCUT2D eigenvalue weighted by molar-refractivity contribution is 5.93. The molecule has 2 aromatic rings. The van der Waals surface area contributed by atoms with Crippen LogP contribution in [0.1, 0.15) is 46.9 Å². The van der Waals surface area contributed by atoms with Crippen LogP contribution in [0.15, 0.2) is 12.1 Å².